The topological polar surface area (TPSA) is 49.9 Å². The number of amides is 1. The van der Waals surface area contributed by atoms with Gasteiger partial charge in [0.25, 0.3) is 5.91 Å². The zero-order valence-corrected chi connectivity index (χ0v) is 20.9. The summed E-state index contributed by atoms with van der Waals surface area (Å²) < 4.78 is 4.84. The van der Waals surface area contributed by atoms with Crippen molar-refractivity contribution in [2.24, 2.45) is 5.92 Å². The van der Waals surface area contributed by atoms with Gasteiger partial charge in [0.1, 0.15) is 0 Å². The zero-order chi connectivity index (χ0) is 24.9. The molecule has 0 saturated carbocycles. The molecule has 1 amide bonds. The molecule has 36 heavy (non-hydrogen) atoms. The predicted octanol–water partition coefficient (Wildman–Crippen LogP) is 5.21. The van der Waals surface area contributed by atoms with E-state index in [0.717, 1.165) is 26.2 Å². The third kappa shape index (κ3) is 5.36. The molecule has 2 unspecified atom stereocenters. The number of likely N-dealkylation sites (tertiary alicyclic amines) is 2. The van der Waals surface area contributed by atoms with Crippen molar-refractivity contribution in [1.82, 2.24) is 9.80 Å². The molecule has 3 aromatic rings. The summed E-state index contributed by atoms with van der Waals surface area (Å²) in [4.78, 5) is 30.0. The molecule has 5 rings (SSSR count). The fourth-order valence-electron chi connectivity index (χ4n) is 5.89. The maximum atomic E-state index is 13.5. The Morgan fingerprint density at radius 2 is 1.44 bits per heavy atom. The fourth-order valence-corrected chi connectivity index (χ4v) is 5.89. The number of carbonyl (C=O) groups is 2. The van der Waals surface area contributed by atoms with Crippen LogP contribution >= 0.6 is 0 Å². The van der Waals surface area contributed by atoms with Crippen molar-refractivity contribution in [3.63, 3.8) is 0 Å². The van der Waals surface area contributed by atoms with E-state index in [1.807, 2.05) is 11.0 Å². The number of piperidine rings is 1. The van der Waals surface area contributed by atoms with Crippen molar-refractivity contribution < 1.29 is 14.3 Å². The van der Waals surface area contributed by atoms with E-state index >= 15 is 0 Å². The number of methoxy groups -OCH3 is 1. The Bertz CT molecular complexity index is 1170. The van der Waals surface area contributed by atoms with Gasteiger partial charge in [-0.15, -0.1) is 0 Å². The smallest absolute Gasteiger partial charge is 0.337 e. The summed E-state index contributed by atoms with van der Waals surface area (Å²) >= 11 is 0. The minimum atomic E-state index is -0.426. The summed E-state index contributed by atoms with van der Waals surface area (Å²) in [7, 11) is 1.36. The fraction of sp³-hybridized carbons (Fsp3) is 0.355. The Balaban J connectivity index is 1.29. The van der Waals surface area contributed by atoms with E-state index in [4.69, 9.17) is 4.74 Å². The van der Waals surface area contributed by atoms with Crippen molar-refractivity contribution in [3.8, 4) is 0 Å². The van der Waals surface area contributed by atoms with Crippen LogP contribution in [0.5, 0.6) is 0 Å². The number of hydrogen-bond acceptors (Lipinski definition) is 4. The Morgan fingerprint density at radius 1 is 0.806 bits per heavy atom. The molecule has 2 aliphatic rings. The SMILES string of the molecule is COC(=O)c1cccc(C(=O)N2CC(CN3CCC(c4ccccc4)CC3)C(c3ccccc3)C2)c1. The van der Waals surface area contributed by atoms with Crippen LogP contribution in [-0.2, 0) is 4.74 Å². The molecule has 0 radical (unpaired) electrons. The molecule has 2 saturated heterocycles. The second kappa shape index (κ2) is 11.1. The van der Waals surface area contributed by atoms with Gasteiger partial charge >= 0.3 is 5.97 Å². The first-order valence-electron chi connectivity index (χ1n) is 12.9. The van der Waals surface area contributed by atoms with Gasteiger partial charge in [-0.2, -0.15) is 0 Å². The van der Waals surface area contributed by atoms with E-state index < -0.39 is 5.97 Å². The third-order valence-corrected chi connectivity index (χ3v) is 7.84. The van der Waals surface area contributed by atoms with Crippen molar-refractivity contribution >= 4 is 11.9 Å². The van der Waals surface area contributed by atoms with Crippen molar-refractivity contribution in [3.05, 3.63) is 107 Å². The molecule has 0 spiro atoms. The summed E-state index contributed by atoms with van der Waals surface area (Å²) in [6.07, 6.45) is 2.35. The molecule has 0 aliphatic carbocycles. The Morgan fingerprint density at radius 3 is 2.11 bits per heavy atom. The number of esters is 1. The summed E-state index contributed by atoms with van der Waals surface area (Å²) in [5.74, 6) is 0.854. The molecule has 0 N–H and O–H groups in total. The van der Waals surface area contributed by atoms with Crippen molar-refractivity contribution in [2.75, 3.05) is 39.8 Å². The molecule has 5 heteroatoms. The van der Waals surface area contributed by atoms with Crippen LogP contribution in [0, 0.1) is 5.92 Å². The van der Waals surface area contributed by atoms with Crippen LogP contribution in [0.15, 0.2) is 84.9 Å². The second-order valence-corrected chi connectivity index (χ2v) is 10.0. The highest BCUT2D eigenvalue weighted by Crippen LogP contribution is 2.36. The van der Waals surface area contributed by atoms with E-state index in [1.165, 1.54) is 31.1 Å². The van der Waals surface area contributed by atoms with Gasteiger partial charge in [0.2, 0.25) is 0 Å². The number of nitrogens with zero attached hydrogens (tertiary/aromatic N) is 2. The van der Waals surface area contributed by atoms with E-state index in [1.54, 1.807) is 24.3 Å². The maximum Gasteiger partial charge on any atom is 0.337 e. The lowest BCUT2D eigenvalue weighted by atomic mass is 9.86. The highest BCUT2D eigenvalue weighted by molar-refractivity contribution is 5.98. The van der Waals surface area contributed by atoms with Gasteiger partial charge in [0.05, 0.1) is 12.7 Å². The van der Waals surface area contributed by atoms with E-state index in [-0.39, 0.29) is 5.91 Å². The maximum absolute atomic E-state index is 13.5. The van der Waals surface area contributed by atoms with E-state index in [2.05, 4.69) is 59.5 Å². The molecule has 2 heterocycles. The van der Waals surface area contributed by atoms with Gasteiger partial charge in [-0.05, 0) is 67.1 Å². The summed E-state index contributed by atoms with van der Waals surface area (Å²) in [5.41, 5.74) is 3.68. The Labute approximate surface area is 213 Å². The lowest BCUT2D eigenvalue weighted by molar-refractivity contribution is 0.0600. The van der Waals surface area contributed by atoms with Gasteiger partial charge < -0.3 is 14.5 Å². The normalized spacial score (nSPS) is 20.9. The Hall–Kier alpha value is -3.44. The second-order valence-electron chi connectivity index (χ2n) is 10.0. The average Bonchev–Trinajstić information content (AvgIpc) is 3.37. The Kier molecular flexibility index (Phi) is 7.47. The van der Waals surface area contributed by atoms with Crippen LogP contribution in [0.3, 0.4) is 0 Å². The first-order chi connectivity index (χ1) is 17.6. The molecule has 186 valence electrons. The van der Waals surface area contributed by atoms with Gasteiger partial charge in [-0.25, -0.2) is 4.79 Å². The standard InChI is InChI=1S/C31H34N2O3/c1-36-31(35)27-14-8-13-26(19-27)30(34)33-21-28(29(22-33)25-11-6-3-7-12-25)20-32-17-15-24(16-18-32)23-9-4-2-5-10-23/h2-14,19,24,28-29H,15-18,20-22H2,1H3. The number of ether oxygens (including phenoxy) is 1. The molecule has 3 aromatic carbocycles. The highest BCUT2D eigenvalue weighted by Gasteiger charge is 2.38. The van der Waals surface area contributed by atoms with Gasteiger partial charge in [0.15, 0.2) is 0 Å². The van der Waals surface area contributed by atoms with Crippen LogP contribution in [0.25, 0.3) is 0 Å². The largest absolute Gasteiger partial charge is 0.465 e. The first kappa shape index (κ1) is 24.3. The summed E-state index contributed by atoms with van der Waals surface area (Å²) in [6, 6.07) is 28.3. The van der Waals surface area contributed by atoms with Crippen LogP contribution < -0.4 is 0 Å². The number of carbonyl (C=O) groups excluding carboxylic acids is 2. The molecule has 2 aliphatic heterocycles. The average molecular weight is 483 g/mol. The molecule has 2 fully saturated rings. The molecule has 0 bridgehead atoms. The number of rotatable bonds is 6. The monoisotopic (exact) mass is 482 g/mol. The van der Waals surface area contributed by atoms with Crippen LogP contribution in [0.4, 0.5) is 0 Å². The lowest BCUT2D eigenvalue weighted by Crippen LogP contribution is -2.38. The lowest BCUT2D eigenvalue weighted by Gasteiger charge is -2.34. The number of benzene rings is 3. The van der Waals surface area contributed by atoms with Crippen LogP contribution in [0.2, 0.25) is 0 Å². The highest BCUT2D eigenvalue weighted by atomic mass is 16.5. The molecular formula is C31H34N2O3. The van der Waals surface area contributed by atoms with Crippen molar-refractivity contribution in [2.45, 2.75) is 24.7 Å². The quantitative estimate of drug-likeness (QED) is 0.453. The summed E-state index contributed by atoms with van der Waals surface area (Å²) in [6.45, 7) is 4.59. The molecule has 2 atom stereocenters. The van der Waals surface area contributed by atoms with Gasteiger partial charge in [-0.1, -0.05) is 66.7 Å². The molecule has 0 aromatic heterocycles. The van der Waals surface area contributed by atoms with E-state index in [0.29, 0.717) is 35.4 Å². The minimum absolute atomic E-state index is 0.0213. The van der Waals surface area contributed by atoms with Gasteiger partial charge in [-0.3, -0.25) is 4.79 Å². The van der Waals surface area contributed by atoms with Gasteiger partial charge in [0, 0.05) is 31.1 Å². The molecule has 5 nitrogen and oxygen atoms in total. The van der Waals surface area contributed by atoms with Crippen molar-refractivity contribution in [1.29, 1.82) is 0 Å². The van der Waals surface area contributed by atoms with E-state index in [9.17, 15) is 9.59 Å². The third-order valence-electron chi connectivity index (χ3n) is 7.84. The van der Waals surface area contributed by atoms with Crippen LogP contribution in [-0.4, -0.2) is 61.5 Å². The minimum Gasteiger partial charge on any atom is -0.465 e. The van der Waals surface area contributed by atoms with Crippen LogP contribution in [0.1, 0.15) is 56.5 Å². The summed E-state index contributed by atoms with van der Waals surface area (Å²) in [5, 5.41) is 0. The predicted molar refractivity (Wildman–Crippen MR) is 141 cm³/mol. The molecular weight excluding hydrogens is 448 g/mol. The number of hydrogen-bond donors (Lipinski definition) is 0. The zero-order valence-electron chi connectivity index (χ0n) is 20.9. The first-order valence-corrected chi connectivity index (χ1v) is 12.9.